The Balaban J connectivity index is 2.03. The molecule has 7 heteroatoms. The molecule has 0 aromatic heterocycles. The highest BCUT2D eigenvalue weighted by molar-refractivity contribution is 5.83. The van der Waals surface area contributed by atoms with Crippen molar-refractivity contribution in [3.63, 3.8) is 0 Å². The lowest BCUT2D eigenvalue weighted by Crippen LogP contribution is -2.46. The van der Waals surface area contributed by atoms with Crippen LogP contribution in [-0.2, 0) is 0 Å². The maximum Gasteiger partial charge on any atom is 0.400 e. The predicted octanol–water partition coefficient (Wildman–Crippen LogP) is 1.40. The summed E-state index contributed by atoms with van der Waals surface area (Å²) in [6.45, 7) is 0.510. The maximum absolute atomic E-state index is 12.8. The summed E-state index contributed by atoms with van der Waals surface area (Å²) < 4.78 is 38.3. The third kappa shape index (κ3) is 2.48. The van der Waals surface area contributed by atoms with E-state index < -0.39 is 17.9 Å². The fraction of sp³-hybridized carbons (Fsp3) is 0.900. The van der Waals surface area contributed by atoms with Crippen molar-refractivity contribution in [3.05, 3.63) is 0 Å². The molecule has 1 aliphatic heterocycles. The molecular formula is C10H16F3N3O. The number of alkyl halides is 3. The largest absolute Gasteiger partial charge is 0.409 e. The first kappa shape index (κ1) is 12.5. The summed E-state index contributed by atoms with van der Waals surface area (Å²) in [7, 11) is 0. The number of piperidine rings is 1. The number of amidine groups is 1. The van der Waals surface area contributed by atoms with Crippen molar-refractivity contribution in [1.82, 2.24) is 4.90 Å². The molecule has 1 heterocycles. The molecule has 2 rings (SSSR count). The molecule has 4 nitrogen and oxygen atoms in total. The molecule has 1 saturated carbocycles. The molecule has 2 bridgehead atoms. The van der Waals surface area contributed by atoms with Gasteiger partial charge < -0.3 is 10.9 Å². The van der Waals surface area contributed by atoms with E-state index in [1.807, 2.05) is 4.90 Å². The van der Waals surface area contributed by atoms with E-state index >= 15 is 0 Å². The van der Waals surface area contributed by atoms with E-state index in [1.54, 1.807) is 0 Å². The first-order chi connectivity index (χ1) is 7.91. The Kier molecular flexibility index (Phi) is 3.20. The van der Waals surface area contributed by atoms with E-state index in [-0.39, 0.29) is 12.6 Å². The second-order valence-electron chi connectivity index (χ2n) is 4.91. The number of rotatable bonds is 3. The summed E-state index contributed by atoms with van der Waals surface area (Å²) in [5.74, 6) is -2.09. The van der Waals surface area contributed by atoms with E-state index in [4.69, 9.17) is 10.9 Å². The molecule has 1 aliphatic carbocycles. The first-order valence-corrected chi connectivity index (χ1v) is 5.70. The Bertz CT molecular complexity index is 318. The Morgan fingerprint density at radius 2 is 2.18 bits per heavy atom. The van der Waals surface area contributed by atoms with Gasteiger partial charge in [-0.05, 0) is 25.2 Å². The molecule has 2 fully saturated rings. The average Bonchev–Trinajstić information content (AvgIpc) is 2.84. The Morgan fingerprint density at radius 1 is 1.47 bits per heavy atom. The van der Waals surface area contributed by atoms with Crippen molar-refractivity contribution in [2.75, 3.05) is 13.1 Å². The van der Waals surface area contributed by atoms with E-state index in [2.05, 4.69) is 5.16 Å². The number of hydrogen-bond acceptors (Lipinski definition) is 3. The minimum Gasteiger partial charge on any atom is -0.409 e. The lowest BCUT2D eigenvalue weighted by Gasteiger charge is -2.31. The number of likely N-dealkylation sites (tertiary alicyclic amines) is 1. The second-order valence-corrected chi connectivity index (χ2v) is 4.91. The highest BCUT2D eigenvalue weighted by Gasteiger charge is 2.47. The van der Waals surface area contributed by atoms with E-state index in [1.165, 1.54) is 0 Å². The zero-order chi connectivity index (χ0) is 12.6. The van der Waals surface area contributed by atoms with Crippen LogP contribution >= 0.6 is 0 Å². The number of hydrogen-bond donors (Lipinski definition) is 2. The van der Waals surface area contributed by atoms with Crippen LogP contribution in [0.2, 0.25) is 0 Å². The van der Waals surface area contributed by atoms with Gasteiger partial charge in [0.15, 0.2) is 5.84 Å². The maximum atomic E-state index is 12.8. The smallest absolute Gasteiger partial charge is 0.400 e. The minimum atomic E-state index is -4.46. The standard InChI is InChI=1S/C10H16F3N3O/c11-10(12,13)8(9(14)15-17)5-16-4-6-1-2-7(16)3-6/h6-8,17H,1-5H2,(H2,14,15). The van der Waals surface area contributed by atoms with Crippen LogP contribution in [0.5, 0.6) is 0 Å². The lowest BCUT2D eigenvalue weighted by molar-refractivity contribution is -0.161. The van der Waals surface area contributed by atoms with Crippen molar-refractivity contribution in [2.24, 2.45) is 22.7 Å². The van der Waals surface area contributed by atoms with Gasteiger partial charge >= 0.3 is 6.18 Å². The topological polar surface area (TPSA) is 61.9 Å². The molecule has 98 valence electrons. The lowest BCUT2D eigenvalue weighted by atomic mass is 10.0. The van der Waals surface area contributed by atoms with Crippen LogP contribution < -0.4 is 5.73 Å². The van der Waals surface area contributed by atoms with Crippen molar-refractivity contribution >= 4 is 5.84 Å². The molecule has 1 saturated heterocycles. The summed E-state index contributed by atoms with van der Waals surface area (Å²) in [4.78, 5) is 1.82. The van der Waals surface area contributed by atoms with Crippen LogP contribution in [0.25, 0.3) is 0 Å². The van der Waals surface area contributed by atoms with Crippen LogP contribution in [0.3, 0.4) is 0 Å². The van der Waals surface area contributed by atoms with Crippen LogP contribution in [-0.4, -0.2) is 41.3 Å². The number of fused-ring (bicyclic) bond motifs is 2. The predicted molar refractivity (Wildman–Crippen MR) is 55.7 cm³/mol. The molecule has 3 unspecified atom stereocenters. The molecule has 0 spiro atoms. The summed E-state index contributed by atoms with van der Waals surface area (Å²) in [5.41, 5.74) is 5.13. The van der Waals surface area contributed by atoms with Crippen molar-refractivity contribution in [2.45, 2.75) is 31.5 Å². The number of nitrogens with zero attached hydrogens (tertiary/aromatic N) is 2. The van der Waals surface area contributed by atoms with Gasteiger partial charge in [-0.2, -0.15) is 13.2 Å². The highest BCUT2D eigenvalue weighted by atomic mass is 19.4. The molecule has 0 radical (unpaired) electrons. The number of oxime groups is 1. The van der Waals surface area contributed by atoms with Gasteiger partial charge in [0.2, 0.25) is 0 Å². The molecule has 0 amide bonds. The average molecular weight is 251 g/mol. The fourth-order valence-corrected chi connectivity index (χ4v) is 2.92. The third-order valence-corrected chi connectivity index (χ3v) is 3.81. The van der Waals surface area contributed by atoms with Gasteiger partial charge in [-0.3, -0.25) is 4.90 Å². The van der Waals surface area contributed by atoms with Crippen molar-refractivity contribution in [3.8, 4) is 0 Å². The van der Waals surface area contributed by atoms with E-state index in [0.29, 0.717) is 12.5 Å². The summed E-state index contributed by atoms with van der Waals surface area (Å²) in [6, 6.07) is 0.247. The van der Waals surface area contributed by atoms with Crippen molar-refractivity contribution < 1.29 is 18.4 Å². The quantitative estimate of drug-likeness (QED) is 0.345. The van der Waals surface area contributed by atoms with Gasteiger partial charge in [-0.1, -0.05) is 5.16 Å². The molecular weight excluding hydrogens is 235 g/mol. The van der Waals surface area contributed by atoms with Gasteiger partial charge in [0.05, 0.1) is 0 Å². The molecule has 0 aromatic rings. The van der Waals surface area contributed by atoms with Crippen LogP contribution in [0, 0.1) is 11.8 Å². The molecule has 17 heavy (non-hydrogen) atoms. The molecule has 0 aromatic carbocycles. The van der Waals surface area contributed by atoms with Gasteiger partial charge in [0.25, 0.3) is 0 Å². The Morgan fingerprint density at radius 3 is 2.59 bits per heavy atom. The molecule has 2 aliphatic rings. The molecule has 3 atom stereocenters. The van der Waals surface area contributed by atoms with Gasteiger partial charge in [0, 0.05) is 19.1 Å². The Hall–Kier alpha value is -0.980. The fourth-order valence-electron chi connectivity index (χ4n) is 2.92. The zero-order valence-electron chi connectivity index (χ0n) is 9.32. The minimum absolute atomic E-state index is 0.194. The van der Waals surface area contributed by atoms with Crippen LogP contribution in [0.1, 0.15) is 19.3 Å². The molecule has 3 N–H and O–H groups in total. The van der Waals surface area contributed by atoms with E-state index in [9.17, 15) is 13.2 Å². The summed E-state index contributed by atoms with van der Waals surface area (Å²) in [6.07, 6.45) is -1.40. The third-order valence-electron chi connectivity index (χ3n) is 3.81. The Labute approximate surface area is 97.3 Å². The summed E-state index contributed by atoms with van der Waals surface area (Å²) in [5, 5.41) is 10.9. The SMILES string of the molecule is NC(=NO)C(CN1CC2CCC1C2)C(F)(F)F. The first-order valence-electron chi connectivity index (χ1n) is 5.70. The monoisotopic (exact) mass is 251 g/mol. The second kappa shape index (κ2) is 4.36. The van der Waals surface area contributed by atoms with Crippen LogP contribution in [0.4, 0.5) is 13.2 Å². The van der Waals surface area contributed by atoms with Crippen molar-refractivity contribution in [1.29, 1.82) is 0 Å². The van der Waals surface area contributed by atoms with E-state index in [0.717, 1.165) is 19.3 Å². The van der Waals surface area contributed by atoms with Gasteiger partial charge in [-0.15, -0.1) is 0 Å². The number of nitrogens with two attached hydrogens (primary N) is 1. The zero-order valence-corrected chi connectivity index (χ0v) is 9.32. The van der Waals surface area contributed by atoms with Gasteiger partial charge in [0.1, 0.15) is 5.92 Å². The summed E-state index contributed by atoms with van der Waals surface area (Å²) >= 11 is 0. The van der Waals surface area contributed by atoms with Gasteiger partial charge in [-0.25, -0.2) is 0 Å². The highest BCUT2D eigenvalue weighted by Crippen LogP contribution is 2.39. The number of halogens is 3. The normalized spacial score (nSPS) is 32.1. The van der Waals surface area contributed by atoms with Crippen LogP contribution in [0.15, 0.2) is 5.16 Å².